The van der Waals surface area contributed by atoms with Gasteiger partial charge >= 0.3 is 12.0 Å². The molecular weight excluding hydrogens is 336 g/mol. The number of hydrogen-bond donors (Lipinski definition) is 2. The second kappa shape index (κ2) is 9.24. The molecule has 1 heterocycles. The lowest BCUT2D eigenvalue weighted by atomic mass is 9.95. The van der Waals surface area contributed by atoms with Crippen LogP contribution in [0, 0.1) is 0 Å². The summed E-state index contributed by atoms with van der Waals surface area (Å²) in [6.07, 6.45) is 0.0712. The first-order valence-electron chi connectivity index (χ1n) is 8.72. The van der Waals surface area contributed by atoms with Crippen molar-refractivity contribution in [3.05, 3.63) is 41.1 Å². The van der Waals surface area contributed by atoms with E-state index in [9.17, 15) is 9.59 Å². The quantitative estimate of drug-likeness (QED) is 0.548. The average Bonchev–Trinajstić information content (AvgIpc) is 2.58. The van der Waals surface area contributed by atoms with Gasteiger partial charge in [-0.15, -0.1) is 0 Å². The van der Waals surface area contributed by atoms with Gasteiger partial charge in [0.25, 0.3) is 0 Å². The minimum absolute atomic E-state index is 0.0712. The molecule has 0 aliphatic carbocycles. The minimum Gasteiger partial charge on any atom is -0.494 e. The van der Waals surface area contributed by atoms with Crippen molar-refractivity contribution in [2.24, 2.45) is 0 Å². The lowest BCUT2D eigenvalue weighted by molar-refractivity contribution is -0.141. The second-order valence-corrected chi connectivity index (χ2v) is 6.13. The fourth-order valence-electron chi connectivity index (χ4n) is 2.63. The van der Waals surface area contributed by atoms with E-state index in [0.29, 0.717) is 24.5 Å². The van der Waals surface area contributed by atoms with Gasteiger partial charge in [0.2, 0.25) is 0 Å². The van der Waals surface area contributed by atoms with Gasteiger partial charge in [-0.3, -0.25) is 0 Å². The van der Waals surface area contributed by atoms with Crippen molar-refractivity contribution in [1.82, 2.24) is 10.6 Å². The Kier molecular flexibility index (Phi) is 7.03. The van der Waals surface area contributed by atoms with Crippen molar-refractivity contribution in [3.63, 3.8) is 0 Å². The Hall–Kier alpha value is -2.54. The van der Waals surface area contributed by atoms with E-state index in [1.54, 1.807) is 6.92 Å². The number of nitrogens with one attached hydrogen (secondary N) is 2. The molecule has 1 aromatic carbocycles. The largest absolute Gasteiger partial charge is 0.494 e. The molecule has 0 saturated heterocycles. The number of ether oxygens (including phenoxy) is 3. The number of urea groups is 1. The molecule has 0 fully saturated rings. The van der Waals surface area contributed by atoms with Crippen LogP contribution in [0.5, 0.6) is 5.75 Å². The summed E-state index contributed by atoms with van der Waals surface area (Å²) in [5.74, 6) is 0.244. The third kappa shape index (κ3) is 5.23. The van der Waals surface area contributed by atoms with Crippen molar-refractivity contribution >= 4 is 12.0 Å². The molecule has 0 aromatic heterocycles. The van der Waals surface area contributed by atoms with Gasteiger partial charge in [0.1, 0.15) is 12.4 Å². The first-order chi connectivity index (χ1) is 12.4. The SMILES string of the molecule is CCOc1ccc([C@@H]2NC(=O)NC(C)=C2C(=O)OCCOC(C)C)cc1. The molecule has 0 spiro atoms. The number of amides is 2. The van der Waals surface area contributed by atoms with Crippen molar-refractivity contribution in [2.45, 2.75) is 39.8 Å². The maximum Gasteiger partial charge on any atom is 0.338 e. The highest BCUT2D eigenvalue weighted by atomic mass is 16.6. The monoisotopic (exact) mass is 362 g/mol. The molecule has 2 amide bonds. The summed E-state index contributed by atoms with van der Waals surface area (Å²) in [5.41, 5.74) is 1.62. The van der Waals surface area contributed by atoms with Crippen molar-refractivity contribution in [1.29, 1.82) is 0 Å². The van der Waals surface area contributed by atoms with Gasteiger partial charge in [0.15, 0.2) is 0 Å². The molecule has 0 radical (unpaired) electrons. The van der Waals surface area contributed by atoms with Crippen LogP contribution >= 0.6 is 0 Å². The predicted octanol–water partition coefficient (Wildman–Crippen LogP) is 2.68. The van der Waals surface area contributed by atoms with Gasteiger partial charge in [-0.2, -0.15) is 0 Å². The minimum atomic E-state index is -0.585. The van der Waals surface area contributed by atoms with E-state index in [4.69, 9.17) is 14.2 Å². The van der Waals surface area contributed by atoms with Gasteiger partial charge in [-0.1, -0.05) is 12.1 Å². The lowest BCUT2D eigenvalue weighted by Gasteiger charge is -2.28. The van der Waals surface area contributed by atoms with Crippen LogP contribution in [0.3, 0.4) is 0 Å². The van der Waals surface area contributed by atoms with E-state index in [1.807, 2.05) is 45.0 Å². The Morgan fingerprint density at radius 3 is 2.50 bits per heavy atom. The molecule has 1 atom stereocenters. The molecule has 7 nitrogen and oxygen atoms in total. The van der Waals surface area contributed by atoms with Gasteiger partial charge in [-0.25, -0.2) is 9.59 Å². The number of carbonyl (C=O) groups is 2. The second-order valence-electron chi connectivity index (χ2n) is 6.13. The lowest BCUT2D eigenvalue weighted by Crippen LogP contribution is -2.45. The number of rotatable bonds is 8. The van der Waals surface area contributed by atoms with Gasteiger partial charge in [0, 0.05) is 5.70 Å². The molecule has 26 heavy (non-hydrogen) atoms. The topological polar surface area (TPSA) is 85.9 Å². The Bertz CT molecular complexity index is 667. The zero-order chi connectivity index (χ0) is 19.1. The standard InChI is InChI=1S/C19H26N2O5/c1-5-24-15-8-6-14(7-9-15)17-16(13(4)20-19(23)21-17)18(22)26-11-10-25-12(2)3/h6-9,12,17H,5,10-11H2,1-4H3,(H2,20,21,23)/t17-/m0/s1. The molecule has 0 unspecified atom stereocenters. The highest BCUT2D eigenvalue weighted by molar-refractivity contribution is 5.95. The smallest absolute Gasteiger partial charge is 0.338 e. The number of benzene rings is 1. The van der Waals surface area contributed by atoms with Crippen LogP contribution in [0.2, 0.25) is 0 Å². The summed E-state index contributed by atoms with van der Waals surface area (Å²) in [5, 5.41) is 5.40. The molecular formula is C19H26N2O5. The molecule has 0 saturated carbocycles. The number of hydrogen-bond acceptors (Lipinski definition) is 5. The van der Waals surface area contributed by atoms with Gasteiger partial charge < -0.3 is 24.8 Å². The Labute approximate surface area is 153 Å². The fraction of sp³-hybridized carbons (Fsp3) is 0.474. The van der Waals surface area contributed by atoms with Crippen molar-refractivity contribution in [3.8, 4) is 5.75 Å². The van der Waals surface area contributed by atoms with E-state index >= 15 is 0 Å². The van der Waals surface area contributed by atoms with Crippen LogP contribution in [-0.2, 0) is 14.3 Å². The summed E-state index contributed by atoms with van der Waals surface area (Å²) in [7, 11) is 0. The zero-order valence-electron chi connectivity index (χ0n) is 15.6. The Morgan fingerprint density at radius 1 is 1.19 bits per heavy atom. The maximum atomic E-state index is 12.6. The van der Waals surface area contributed by atoms with Crippen LogP contribution in [-0.4, -0.2) is 37.9 Å². The first kappa shape index (κ1) is 19.8. The summed E-state index contributed by atoms with van der Waals surface area (Å²) in [4.78, 5) is 24.4. The van der Waals surface area contributed by atoms with Crippen LogP contribution in [0.1, 0.15) is 39.3 Å². The molecule has 2 rings (SSSR count). The molecule has 1 aliphatic rings. The molecule has 2 N–H and O–H groups in total. The molecule has 1 aliphatic heterocycles. The Balaban J connectivity index is 2.15. The third-order valence-electron chi connectivity index (χ3n) is 3.78. The van der Waals surface area contributed by atoms with E-state index in [1.165, 1.54) is 0 Å². The Morgan fingerprint density at radius 2 is 1.88 bits per heavy atom. The highest BCUT2D eigenvalue weighted by Crippen LogP contribution is 2.28. The van der Waals surface area contributed by atoms with Crippen LogP contribution in [0.4, 0.5) is 4.79 Å². The maximum absolute atomic E-state index is 12.6. The summed E-state index contributed by atoms with van der Waals surface area (Å²) in [6.45, 7) is 8.46. The molecule has 142 valence electrons. The van der Waals surface area contributed by atoms with Gasteiger partial charge in [0.05, 0.1) is 30.9 Å². The van der Waals surface area contributed by atoms with Gasteiger partial charge in [-0.05, 0) is 45.4 Å². The molecule has 7 heteroatoms. The summed E-state index contributed by atoms with van der Waals surface area (Å²) >= 11 is 0. The van der Waals surface area contributed by atoms with E-state index < -0.39 is 12.0 Å². The molecule has 1 aromatic rings. The van der Waals surface area contributed by atoms with E-state index in [0.717, 1.165) is 11.3 Å². The predicted molar refractivity (Wildman–Crippen MR) is 96.8 cm³/mol. The van der Waals surface area contributed by atoms with Crippen LogP contribution in [0.15, 0.2) is 35.5 Å². The first-order valence-corrected chi connectivity index (χ1v) is 8.72. The fourth-order valence-corrected chi connectivity index (χ4v) is 2.63. The zero-order valence-corrected chi connectivity index (χ0v) is 15.6. The average molecular weight is 362 g/mol. The van der Waals surface area contributed by atoms with Crippen molar-refractivity contribution in [2.75, 3.05) is 19.8 Å². The third-order valence-corrected chi connectivity index (χ3v) is 3.78. The van der Waals surface area contributed by atoms with Crippen molar-refractivity contribution < 1.29 is 23.8 Å². The van der Waals surface area contributed by atoms with E-state index in [-0.39, 0.29) is 18.7 Å². The number of allylic oxidation sites excluding steroid dienone is 1. The van der Waals surface area contributed by atoms with E-state index in [2.05, 4.69) is 10.6 Å². The summed E-state index contributed by atoms with van der Waals surface area (Å²) < 4.78 is 16.1. The number of carbonyl (C=O) groups excluding carboxylic acids is 2. The normalized spacial score (nSPS) is 17.0. The van der Waals surface area contributed by atoms with Crippen LogP contribution < -0.4 is 15.4 Å². The van der Waals surface area contributed by atoms with Crippen LogP contribution in [0.25, 0.3) is 0 Å². The number of esters is 1. The highest BCUT2D eigenvalue weighted by Gasteiger charge is 2.32. The molecule has 0 bridgehead atoms. The summed E-state index contributed by atoms with van der Waals surface area (Å²) in [6, 6.07) is 6.32.